The molecule has 1 fully saturated rings. The van der Waals surface area contributed by atoms with Gasteiger partial charge in [-0.25, -0.2) is 9.97 Å². The van der Waals surface area contributed by atoms with Gasteiger partial charge in [-0.3, -0.25) is 4.79 Å². The van der Waals surface area contributed by atoms with E-state index in [2.05, 4.69) is 9.97 Å². The van der Waals surface area contributed by atoms with Gasteiger partial charge in [-0.05, 0) is 25.7 Å². The monoisotopic (exact) mass is 234 g/mol. The first-order valence-electron chi connectivity index (χ1n) is 5.98. The summed E-state index contributed by atoms with van der Waals surface area (Å²) in [6, 6.07) is 0.215. The van der Waals surface area contributed by atoms with Gasteiger partial charge in [0.25, 0.3) is 5.91 Å². The Morgan fingerprint density at radius 1 is 1.41 bits per heavy atom. The van der Waals surface area contributed by atoms with E-state index < -0.39 is 0 Å². The van der Waals surface area contributed by atoms with Gasteiger partial charge >= 0.3 is 0 Å². The summed E-state index contributed by atoms with van der Waals surface area (Å²) in [6.07, 6.45) is 6.52. The maximum Gasteiger partial charge on any atom is 0.256 e. The van der Waals surface area contributed by atoms with Gasteiger partial charge in [0.1, 0.15) is 6.33 Å². The van der Waals surface area contributed by atoms with Crippen molar-refractivity contribution >= 4 is 5.91 Å². The van der Waals surface area contributed by atoms with Crippen molar-refractivity contribution in [2.24, 2.45) is 11.7 Å². The Balaban J connectivity index is 1.95. The molecular formula is C12H18N4O. The number of amides is 1. The number of rotatable bonds is 2. The van der Waals surface area contributed by atoms with E-state index in [1.807, 2.05) is 11.8 Å². The van der Waals surface area contributed by atoms with Gasteiger partial charge in [-0.15, -0.1) is 0 Å². The van der Waals surface area contributed by atoms with Gasteiger partial charge in [-0.1, -0.05) is 0 Å². The van der Waals surface area contributed by atoms with Crippen molar-refractivity contribution in [3.63, 3.8) is 0 Å². The van der Waals surface area contributed by atoms with E-state index in [0.717, 1.165) is 25.9 Å². The zero-order valence-electron chi connectivity index (χ0n) is 10.0. The molecule has 1 atom stereocenters. The second-order valence-corrected chi connectivity index (χ2v) is 4.62. The molecule has 0 aliphatic carbocycles. The lowest BCUT2D eigenvalue weighted by Gasteiger charge is -2.33. The number of aromatic nitrogens is 2. The molecule has 1 saturated heterocycles. The van der Waals surface area contributed by atoms with Crippen LogP contribution in [0.1, 0.15) is 30.1 Å². The summed E-state index contributed by atoms with van der Waals surface area (Å²) in [5.41, 5.74) is 6.44. The Kier molecular flexibility index (Phi) is 3.68. The third-order valence-corrected chi connectivity index (χ3v) is 3.38. The highest BCUT2D eigenvalue weighted by Gasteiger charge is 2.25. The molecule has 5 heteroatoms. The lowest BCUT2D eigenvalue weighted by molar-refractivity contribution is 0.0680. The van der Waals surface area contributed by atoms with Crippen molar-refractivity contribution in [1.82, 2.24) is 14.9 Å². The highest BCUT2D eigenvalue weighted by molar-refractivity contribution is 5.93. The lowest BCUT2D eigenvalue weighted by atomic mass is 9.91. The Morgan fingerprint density at radius 2 is 2.00 bits per heavy atom. The first kappa shape index (κ1) is 12.0. The summed E-state index contributed by atoms with van der Waals surface area (Å²) in [6.45, 7) is 3.59. The molecule has 1 unspecified atom stereocenters. The summed E-state index contributed by atoms with van der Waals surface area (Å²) >= 11 is 0. The highest BCUT2D eigenvalue weighted by Crippen LogP contribution is 2.20. The number of likely N-dealkylation sites (tertiary alicyclic amines) is 1. The molecule has 2 rings (SSSR count). The van der Waals surface area contributed by atoms with Crippen molar-refractivity contribution in [2.75, 3.05) is 13.1 Å². The summed E-state index contributed by atoms with van der Waals surface area (Å²) in [4.78, 5) is 21.7. The van der Waals surface area contributed by atoms with E-state index in [1.54, 1.807) is 12.4 Å². The van der Waals surface area contributed by atoms with E-state index in [9.17, 15) is 4.79 Å². The third-order valence-electron chi connectivity index (χ3n) is 3.38. The highest BCUT2D eigenvalue weighted by atomic mass is 16.2. The molecule has 5 nitrogen and oxygen atoms in total. The first-order valence-corrected chi connectivity index (χ1v) is 5.98. The smallest absolute Gasteiger partial charge is 0.256 e. The molecule has 0 spiro atoms. The largest absolute Gasteiger partial charge is 0.339 e. The van der Waals surface area contributed by atoms with Crippen LogP contribution in [-0.2, 0) is 0 Å². The number of carbonyl (C=O) groups excluding carboxylic acids is 1. The molecular weight excluding hydrogens is 216 g/mol. The van der Waals surface area contributed by atoms with E-state index in [0.29, 0.717) is 11.5 Å². The Labute approximate surface area is 101 Å². The molecule has 1 aromatic rings. The standard InChI is InChI=1S/C12H18N4O/c1-9(13)10-2-4-16(5-3-10)12(17)11-6-14-8-15-7-11/h6-10H,2-5,13H2,1H3. The van der Waals surface area contributed by atoms with E-state index in [-0.39, 0.29) is 11.9 Å². The lowest BCUT2D eigenvalue weighted by Crippen LogP contribution is -2.42. The van der Waals surface area contributed by atoms with Gasteiger partial charge in [-0.2, -0.15) is 0 Å². The van der Waals surface area contributed by atoms with Gasteiger partial charge in [0.05, 0.1) is 5.56 Å². The maximum absolute atomic E-state index is 12.1. The Hall–Kier alpha value is -1.49. The maximum atomic E-state index is 12.1. The minimum atomic E-state index is 0.0220. The molecule has 0 aromatic carbocycles. The Morgan fingerprint density at radius 3 is 2.53 bits per heavy atom. The van der Waals surface area contributed by atoms with Crippen LogP contribution in [0.3, 0.4) is 0 Å². The fourth-order valence-corrected chi connectivity index (χ4v) is 2.22. The van der Waals surface area contributed by atoms with Crippen LogP contribution in [0.5, 0.6) is 0 Å². The number of hydrogen-bond acceptors (Lipinski definition) is 4. The van der Waals surface area contributed by atoms with Crippen LogP contribution in [0.25, 0.3) is 0 Å². The topological polar surface area (TPSA) is 72.1 Å². The molecule has 1 aromatic heterocycles. The average Bonchev–Trinajstić information content (AvgIpc) is 2.39. The predicted octanol–water partition coefficient (Wildman–Crippen LogP) is 0.676. The number of piperidine rings is 1. The second kappa shape index (κ2) is 5.23. The van der Waals surface area contributed by atoms with Crippen LogP contribution in [0.15, 0.2) is 18.7 Å². The normalized spacial score (nSPS) is 19.1. The quantitative estimate of drug-likeness (QED) is 0.816. The minimum Gasteiger partial charge on any atom is -0.339 e. The van der Waals surface area contributed by atoms with Crippen LogP contribution in [0, 0.1) is 5.92 Å². The summed E-state index contributed by atoms with van der Waals surface area (Å²) < 4.78 is 0. The number of hydrogen-bond donors (Lipinski definition) is 1. The van der Waals surface area contributed by atoms with E-state index in [1.165, 1.54) is 6.33 Å². The molecule has 2 N–H and O–H groups in total. The van der Waals surface area contributed by atoms with Crippen LogP contribution < -0.4 is 5.73 Å². The van der Waals surface area contributed by atoms with Crippen LogP contribution >= 0.6 is 0 Å². The number of carbonyl (C=O) groups is 1. The molecule has 0 saturated carbocycles. The van der Waals surface area contributed by atoms with E-state index in [4.69, 9.17) is 5.73 Å². The summed E-state index contributed by atoms with van der Waals surface area (Å²) in [7, 11) is 0. The van der Waals surface area contributed by atoms with Crippen LogP contribution in [0.4, 0.5) is 0 Å². The second-order valence-electron chi connectivity index (χ2n) is 4.62. The molecule has 1 amide bonds. The van der Waals surface area contributed by atoms with Gasteiger partial charge in [0.15, 0.2) is 0 Å². The molecule has 2 heterocycles. The van der Waals surface area contributed by atoms with Gasteiger partial charge in [0.2, 0.25) is 0 Å². The minimum absolute atomic E-state index is 0.0220. The fraction of sp³-hybridized carbons (Fsp3) is 0.583. The summed E-state index contributed by atoms with van der Waals surface area (Å²) in [5, 5.41) is 0. The van der Waals surface area contributed by atoms with Gasteiger partial charge < -0.3 is 10.6 Å². The zero-order valence-corrected chi connectivity index (χ0v) is 10.0. The van der Waals surface area contributed by atoms with Crippen molar-refractivity contribution in [3.05, 3.63) is 24.3 Å². The number of nitrogens with two attached hydrogens (primary N) is 1. The SMILES string of the molecule is CC(N)C1CCN(C(=O)c2cncnc2)CC1. The van der Waals surface area contributed by atoms with E-state index >= 15 is 0 Å². The molecule has 92 valence electrons. The molecule has 0 bridgehead atoms. The van der Waals surface area contributed by atoms with Crippen LogP contribution in [-0.4, -0.2) is 39.9 Å². The zero-order chi connectivity index (χ0) is 12.3. The molecule has 1 aliphatic rings. The van der Waals surface area contributed by atoms with Crippen LogP contribution in [0.2, 0.25) is 0 Å². The fourth-order valence-electron chi connectivity index (χ4n) is 2.22. The van der Waals surface area contributed by atoms with Crippen molar-refractivity contribution in [3.8, 4) is 0 Å². The number of nitrogens with zero attached hydrogens (tertiary/aromatic N) is 3. The third kappa shape index (κ3) is 2.79. The molecule has 1 aliphatic heterocycles. The molecule has 0 radical (unpaired) electrons. The Bertz CT molecular complexity index is 371. The van der Waals surface area contributed by atoms with Crippen molar-refractivity contribution in [2.45, 2.75) is 25.8 Å². The average molecular weight is 234 g/mol. The van der Waals surface area contributed by atoms with Crippen molar-refractivity contribution in [1.29, 1.82) is 0 Å². The summed E-state index contributed by atoms with van der Waals surface area (Å²) in [5.74, 6) is 0.555. The molecule has 17 heavy (non-hydrogen) atoms. The first-order chi connectivity index (χ1) is 8.18. The van der Waals surface area contributed by atoms with Gasteiger partial charge in [0, 0.05) is 31.5 Å². The van der Waals surface area contributed by atoms with Crippen molar-refractivity contribution < 1.29 is 4.79 Å². The predicted molar refractivity (Wildman–Crippen MR) is 64.3 cm³/mol.